The minimum absolute atomic E-state index is 0.00509. The van der Waals surface area contributed by atoms with Gasteiger partial charge in [-0.15, -0.1) is 4.91 Å². The molecule has 10 nitrogen and oxygen atoms in total. The number of primary amides is 1. The summed E-state index contributed by atoms with van der Waals surface area (Å²) in [5.41, 5.74) is 1.76. The molecule has 10 heteroatoms. The Kier molecular flexibility index (Phi) is 6.18. The number of nitroso groups, excluding NO2 is 1. The zero-order valence-corrected chi connectivity index (χ0v) is 19.2. The quantitative estimate of drug-likeness (QED) is 0.198. The van der Waals surface area contributed by atoms with Gasteiger partial charge >= 0.3 is 0 Å². The normalized spacial score (nSPS) is 25.7. The van der Waals surface area contributed by atoms with Crippen molar-refractivity contribution in [3.05, 3.63) is 56.4 Å². The summed E-state index contributed by atoms with van der Waals surface area (Å²) in [5.74, 6) is -6.78. The number of carbonyl (C=O) groups is 4. The van der Waals surface area contributed by atoms with Gasteiger partial charge in [-0.1, -0.05) is 19.8 Å². The maximum Gasteiger partial charge on any atom is 0.255 e. The molecule has 4 rings (SSSR count). The van der Waals surface area contributed by atoms with Crippen LogP contribution in [0.3, 0.4) is 0 Å². The lowest BCUT2D eigenvalue weighted by Crippen LogP contribution is -2.57. The lowest BCUT2D eigenvalue weighted by Gasteiger charge is -2.45. The molecule has 0 unspecified atom stereocenters. The molecule has 1 aromatic rings. The van der Waals surface area contributed by atoms with Crippen LogP contribution >= 0.6 is 0 Å². The number of fused-ring (bicyclic) bond motifs is 3. The fourth-order valence-corrected chi connectivity index (χ4v) is 5.63. The first-order chi connectivity index (χ1) is 16.6. The molecule has 0 saturated carbocycles. The molecule has 0 spiro atoms. The van der Waals surface area contributed by atoms with Crippen LogP contribution in [0.25, 0.3) is 0 Å². The molecule has 0 fully saturated rings. The first-order valence-corrected chi connectivity index (χ1v) is 11.6. The number of amides is 1. The number of Topliss-reactive ketones (excluding diaryl/α,β-unsaturated/α-hetero) is 3. The monoisotopic (exact) mass is 482 g/mol. The topological polar surface area (TPSA) is 184 Å². The summed E-state index contributed by atoms with van der Waals surface area (Å²) >= 11 is 0. The van der Waals surface area contributed by atoms with E-state index in [0.717, 1.165) is 12.8 Å². The number of nitrogens with two attached hydrogens (primary N) is 1. The minimum Gasteiger partial charge on any atom is -0.511 e. The minimum atomic E-state index is -2.63. The predicted molar refractivity (Wildman–Crippen MR) is 123 cm³/mol. The summed E-state index contributed by atoms with van der Waals surface area (Å²) < 4.78 is 0. The van der Waals surface area contributed by atoms with E-state index in [2.05, 4.69) is 5.18 Å². The third-order valence-electron chi connectivity index (χ3n) is 7.35. The number of unbranched alkanes of at least 4 members (excludes halogenated alkanes) is 2. The van der Waals surface area contributed by atoms with Crippen LogP contribution in [0.4, 0.5) is 5.69 Å². The van der Waals surface area contributed by atoms with Crippen LogP contribution < -0.4 is 5.73 Å². The van der Waals surface area contributed by atoms with E-state index in [9.17, 15) is 39.4 Å². The number of hydrogen-bond donors (Lipinski definition) is 4. The van der Waals surface area contributed by atoms with Gasteiger partial charge < -0.3 is 21.1 Å². The van der Waals surface area contributed by atoms with E-state index < -0.39 is 52.0 Å². The summed E-state index contributed by atoms with van der Waals surface area (Å²) in [6.45, 7) is 2.01. The lowest BCUT2D eigenvalue weighted by atomic mass is 9.60. The Hall–Kier alpha value is -3.66. The van der Waals surface area contributed by atoms with Crippen molar-refractivity contribution in [1.82, 2.24) is 0 Å². The summed E-state index contributed by atoms with van der Waals surface area (Å²) in [5, 5.41) is 35.5. The van der Waals surface area contributed by atoms with Crippen molar-refractivity contribution >= 4 is 28.9 Å². The zero-order valence-electron chi connectivity index (χ0n) is 19.2. The first kappa shape index (κ1) is 24.5. The number of aliphatic hydroxyl groups excluding tert-OH is 2. The van der Waals surface area contributed by atoms with Gasteiger partial charge in [-0.25, -0.2) is 0 Å². The van der Waals surface area contributed by atoms with E-state index in [-0.39, 0.29) is 48.3 Å². The van der Waals surface area contributed by atoms with E-state index in [1.54, 1.807) is 0 Å². The number of allylic oxidation sites excluding steroid dienone is 2. The molecule has 0 heterocycles. The molecule has 0 radical (unpaired) electrons. The number of rotatable bonds is 7. The first-order valence-electron chi connectivity index (χ1n) is 11.6. The second-order valence-electron chi connectivity index (χ2n) is 9.37. The Morgan fingerprint density at radius 1 is 1.17 bits per heavy atom. The fraction of sp³-hybridized carbons (Fsp3) is 0.440. The number of nitrogens with zero attached hydrogens (tertiary/aromatic N) is 1. The molecule has 184 valence electrons. The number of aliphatic hydroxyl groups is 3. The Bertz CT molecular complexity index is 1240. The van der Waals surface area contributed by atoms with Crippen LogP contribution in [0.2, 0.25) is 0 Å². The van der Waals surface area contributed by atoms with Gasteiger partial charge in [0.25, 0.3) is 5.91 Å². The molecule has 3 aliphatic rings. The van der Waals surface area contributed by atoms with Gasteiger partial charge in [0.2, 0.25) is 5.78 Å². The molecule has 3 atom stereocenters. The molecule has 1 amide bonds. The molecule has 5 N–H and O–H groups in total. The van der Waals surface area contributed by atoms with Gasteiger partial charge in [0.05, 0.1) is 5.56 Å². The van der Waals surface area contributed by atoms with Crippen molar-refractivity contribution in [3.8, 4) is 0 Å². The highest BCUT2D eigenvalue weighted by Crippen LogP contribution is 2.51. The van der Waals surface area contributed by atoms with E-state index >= 15 is 0 Å². The maximum atomic E-state index is 13.6. The zero-order chi connectivity index (χ0) is 25.7. The highest BCUT2D eigenvalue weighted by atomic mass is 16.3. The summed E-state index contributed by atoms with van der Waals surface area (Å²) in [6, 6.07) is 2.75. The van der Waals surface area contributed by atoms with E-state index in [0.29, 0.717) is 17.5 Å². The fourth-order valence-electron chi connectivity index (χ4n) is 5.63. The molecular weight excluding hydrogens is 456 g/mol. The summed E-state index contributed by atoms with van der Waals surface area (Å²) in [6.07, 6.45) is 2.52. The van der Waals surface area contributed by atoms with E-state index in [1.807, 2.05) is 6.92 Å². The third-order valence-corrected chi connectivity index (χ3v) is 7.35. The standard InChI is InChI=1S/C25H26N2O8/c1-2-3-4-5-16(28)13-6-7-15(27-35)19-14(13)9-11-8-12-10-17(29)20(24(26)33)23(32)25(12,34)22(31)18(11)21(19)30/h6-7,11-12,29,31,34H,2-5,8-10H2,1H3,(H2,26,33)/t11-,12+,25+/m1/s1. The second kappa shape index (κ2) is 8.84. The van der Waals surface area contributed by atoms with Crippen molar-refractivity contribution in [2.75, 3.05) is 0 Å². The SMILES string of the molecule is CCCCCC(=O)c1ccc(N=O)c2c1C[C@H]1C[C@H]3CC(O)=C(C(N)=O)C(=O)[C@@]3(O)C(O)=C1C2=O. The summed E-state index contributed by atoms with van der Waals surface area (Å²) in [7, 11) is 0. The van der Waals surface area contributed by atoms with Gasteiger partial charge in [0.1, 0.15) is 22.8 Å². The van der Waals surface area contributed by atoms with Crippen LogP contribution in [0, 0.1) is 16.7 Å². The lowest BCUT2D eigenvalue weighted by molar-refractivity contribution is -0.144. The smallest absolute Gasteiger partial charge is 0.255 e. The Morgan fingerprint density at radius 3 is 2.51 bits per heavy atom. The van der Waals surface area contributed by atoms with Crippen LogP contribution in [-0.2, 0) is 16.0 Å². The van der Waals surface area contributed by atoms with Gasteiger partial charge in [0.15, 0.2) is 17.2 Å². The van der Waals surface area contributed by atoms with Crippen LogP contribution in [0.5, 0.6) is 0 Å². The number of hydrogen-bond acceptors (Lipinski definition) is 9. The van der Waals surface area contributed by atoms with Crippen molar-refractivity contribution in [2.24, 2.45) is 22.7 Å². The molecule has 0 bridgehead atoms. The molecule has 0 saturated heterocycles. The van der Waals surface area contributed by atoms with Gasteiger partial charge in [0, 0.05) is 29.9 Å². The summed E-state index contributed by atoms with van der Waals surface area (Å²) in [4.78, 5) is 62.7. The van der Waals surface area contributed by atoms with Crippen molar-refractivity contribution in [2.45, 2.75) is 57.5 Å². The average Bonchev–Trinajstić information content (AvgIpc) is 2.80. The highest BCUT2D eigenvalue weighted by Gasteiger charge is 2.59. The van der Waals surface area contributed by atoms with E-state index in [1.165, 1.54) is 12.1 Å². The van der Waals surface area contributed by atoms with Gasteiger partial charge in [-0.3, -0.25) is 19.2 Å². The second-order valence-corrected chi connectivity index (χ2v) is 9.37. The van der Waals surface area contributed by atoms with Crippen LogP contribution in [0.15, 0.2) is 40.0 Å². The number of carbonyl (C=O) groups excluding carboxylic acids is 4. The largest absolute Gasteiger partial charge is 0.511 e. The third kappa shape index (κ3) is 3.59. The van der Waals surface area contributed by atoms with Crippen molar-refractivity contribution < 1.29 is 34.5 Å². The van der Waals surface area contributed by atoms with Crippen molar-refractivity contribution in [1.29, 1.82) is 0 Å². The highest BCUT2D eigenvalue weighted by molar-refractivity contribution is 6.24. The van der Waals surface area contributed by atoms with E-state index in [4.69, 9.17) is 5.73 Å². The predicted octanol–water partition coefficient (Wildman–Crippen LogP) is 3.04. The molecule has 3 aliphatic carbocycles. The van der Waals surface area contributed by atoms with Gasteiger partial charge in [-0.2, -0.15) is 0 Å². The van der Waals surface area contributed by atoms with Crippen molar-refractivity contribution in [3.63, 3.8) is 0 Å². The molecule has 0 aromatic heterocycles. The maximum absolute atomic E-state index is 13.6. The van der Waals surface area contributed by atoms with Crippen LogP contribution in [0.1, 0.15) is 71.7 Å². The average molecular weight is 482 g/mol. The number of benzene rings is 1. The molecule has 35 heavy (non-hydrogen) atoms. The number of ketones is 3. The van der Waals surface area contributed by atoms with Gasteiger partial charge in [-0.05, 0) is 48.1 Å². The van der Waals surface area contributed by atoms with Crippen LogP contribution in [-0.4, -0.2) is 44.2 Å². The molecular formula is C25H26N2O8. The molecule has 0 aliphatic heterocycles. The Morgan fingerprint density at radius 2 is 1.89 bits per heavy atom. The molecule has 1 aromatic carbocycles. The Labute approximate surface area is 200 Å². The Balaban J connectivity index is 1.85.